The van der Waals surface area contributed by atoms with Gasteiger partial charge in [0.15, 0.2) is 0 Å². The van der Waals surface area contributed by atoms with Crippen molar-refractivity contribution in [3.8, 4) is 0 Å². The zero-order chi connectivity index (χ0) is 0. The maximum absolute atomic E-state index is 0. The third kappa shape index (κ3) is 9.67. The summed E-state index contributed by atoms with van der Waals surface area (Å²) in [5, 5.41) is 0. The molecule has 0 aromatic heterocycles. The monoisotopic (exact) mass is 164 g/mol. The third-order valence-corrected chi connectivity index (χ3v) is 0. The average Bonchev–Trinajstić information content (AvgIpc) is 0. The van der Waals surface area contributed by atoms with Gasteiger partial charge in [-0.25, -0.2) is 0 Å². The van der Waals surface area contributed by atoms with Crippen LogP contribution >= 0.6 is 0 Å². The SMILES string of the molecule is [CH3-].[H-].[H-].[K+].[Na+].[Rb+]. The Bertz CT molecular complexity index is 13.5. The van der Waals surface area contributed by atoms with Crippen molar-refractivity contribution in [1.82, 2.24) is 0 Å². The first-order valence-corrected chi connectivity index (χ1v) is 0. The molecule has 0 rings (SSSR count). The van der Waals surface area contributed by atoms with E-state index in [1.165, 1.54) is 0 Å². The van der Waals surface area contributed by atoms with Gasteiger partial charge in [-0.2, -0.15) is 0 Å². The van der Waals surface area contributed by atoms with Crippen LogP contribution in [0, 0.1) is 7.43 Å². The van der Waals surface area contributed by atoms with E-state index in [-0.39, 0.29) is 149 Å². The van der Waals surface area contributed by atoms with Gasteiger partial charge in [-0.3, -0.25) is 0 Å². The van der Waals surface area contributed by atoms with E-state index in [1.807, 2.05) is 0 Å². The molecule has 0 unspecified atom stereocenters. The van der Waals surface area contributed by atoms with E-state index in [9.17, 15) is 0 Å². The molecule has 3 heteroatoms. The topological polar surface area (TPSA) is 0 Å². The van der Waals surface area contributed by atoms with Crippen molar-refractivity contribution in [2.45, 2.75) is 0 Å². The first-order chi connectivity index (χ1) is 0. The van der Waals surface area contributed by atoms with E-state index in [0.717, 1.165) is 0 Å². The second-order valence-corrected chi connectivity index (χ2v) is 0. The summed E-state index contributed by atoms with van der Waals surface area (Å²) in [7, 11) is 0. The van der Waals surface area contributed by atoms with Crippen LogP contribution < -0.4 is 139 Å². The van der Waals surface area contributed by atoms with Crippen molar-refractivity contribution >= 4 is 0 Å². The molecule has 0 bridgehead atoms. The summed E-state index contributed by atoms with van der Waals surface area (Å²) in [6.07, 6.45) is 0. The molecule has 0 radical (unpaired) electrons. The van der Waals surface area contributed by atoms with Crippen LogP contribution in [-0.4, -0.2) is 0 Å². The van der Waals surface area contributed by atoms with E-state index in [0.29, 0.717) is 0 Å². The Hall–Kier alpha value is 4.44. The summed E-state index contributed by atoms with van der Waals surface area (Å²) in [6, 6.07) is 0. The summed E-state index contributed by atoms with van der Waals surface area (Å²) >= 11 is 0. The van der Waals surface area contributed by atoms with Gasteiger partial charge in [0.05, 0.1) is 0 Å². The number of rotatable bonds is 0. The molecule has 0 amide bonds. The van der Waals surface area contributed by atoms with E-state index < -0.39 is 0 Å². The quantitative estimate of drug-likeness (QED) is 0.247. The standard InChI is InChI=1S/CH3.K.Na.Rb.2H/h1H3;;;;;/q-1;3*+1;2*-1. The number of hydrogen-bond acceptors (Lipinski definition) is 0. The summed E-state index contributed by atoms with van der Waals surface area (Å²) in [6.45, 7) is 0. The molecule has 0 aliphatic carbocycles. The fourth-order valence-corrected chi connectivity index (χ4v) is 0. The van der Waals surface area contributed by atoms with Gasteiger partial charge in [0.25, 0.3) is 0 Å². The molecule has 0 aromatic carbocycles. The normalized spacial score (nSPS) is 0. The second kappa shape index (κ2) is 15.7. The molecule has 0 spiro atoms. The molecule has 0 aromatic rings. The van der Waals surface area contributed by atoms with Crippen LogP contribution in [0.4, 0.5) is 0 Å². The van der Waals surface area contributed by atoms with Gasteiger partial charge in [-0.15, -0.1) is 0 Å². The Morgan fingerprint density at radius 1 is 1.25 bits per heavy atom. The van der Waals surface area contributed by atoms with Gasteiger partial charge in [0.2, 0.25) is 0 Å². The molecule has 0 atom stereocenters. The van der Waals surface area contributed by atoms with Crippen LogP contribution in [0.3, 0.4) is 0 Å². The summed E-state index contributed by atoms with van der Waals surface area (Å²) in [4.78, 5) is 0. The molecule has 0 aliphatic rings. The Morgan fingerprint density at radius 3 is 1.25 bits per heavy atom. The largest absolute Gasteiger partial charge is 1.00 e. The fraction of sp³-hybridized carbons (Fsp3) is 0. The average molecular weight is 165 g/mol. The van der Waals surface area contributed by atoms with E-state index >= 15 is 0 Å². The van der Waals surface area contributed by atoms with Crippen LogP contribution in [0.25, 0.3) is 0 Å². The zero-order valence-corrected chi connectivity index (χ0v) is 14.0. The minimum absolute atomic E-state index is 0. The molecule has 4 heavy (non-hydrogen) atoms. The van der Waals surface area contributed by atoms with Crippen LogP contribution in [0.2, 0.25) is 0 Å². The van der Waals surface area contributed by atoms with Gasteiger partial charge >= 0.3 is 139 Å². The maximum Gasteiger partial charge on any atom is 1.00 e. The van der Waals surface area contributed by atoms with Gasteiger partial charge in [0, 0.05) is 0 Å². The Labute approximate surface area is 144 Å². The van der Waals surface area contributed by atoms with Crippen LogP contribution in [0.1, 0.15) is 2.85 Å². The predicted octanol–water partition coefficient (Wildman–Crippen LogP) is -8.31. The van der Waals surface area contributed by atoms with Crippen molar-refractivity contribution in [2.24, 2.45) is 0 Å². The van der Waals surface area contributed by atoms with Crippen molar-refractivity contribution < 1.29 is 142 Å². The fourth-order valence-electron chi connectivity index (χ4n) is 0. The molecular weight excluding hydrogens is 160 g/mol. The maximum atomic E-state index is 0. The van der Waals surface area contributed by atoms with Crippen molar-refractivity contribution in [3.63, 3.8) is 0 Å². The Balaban J connectivity index is 0. The smallest absolute Gasteiger partial charge is 1.00 e. The summed E-state index contributed by atoms with van der Waals surface area (Å²) in [5.41, 5.74) is 0. The first-order valence-electron chi connectivity index (χ1n) is 0. The second-order valence-electron chi connectivity index (χ2n) is 0. The molecule has 0 N–H and O–H groups in total. The molecule has 12 valence electrons. The predicted molar refractivity (Wildman–Crippen MR) is 8.64 cm³/mol. The van der Waals surface area contributed by atoms with E-state index in [2.05, 4.69) is 0 Å². The summed E-state index contributed by atoms with van der Waals surface area (Å²) < 4.78 is 0. The minimum atomic E-state index is 0. The minimum Gasteiger partial charge on any atom is -1.00 e. The first kappa shape index (κ1) is 23.7. The van der Waals surface area contributed by atoms with Gasteiger partial charge in [-0.1, -0.05) is 0 Å². The molecular formula is CH5KNaRb. The van der Waals surface area contributed by atoms with Gasteiger partial charge < -0.3 is 10.3 Å². The third-order valence-electron chi connectivity index (χ3n) is 0. The van der Waals surface area contributed by atoms with E-state index in [1.54, 1.807) is 0 Å². The summed E-state index contributed by atoms with van der Waals surface area (Å²) in [5.74, 6) is 0. The Kier molecular flexibility index (Phi) is 92.7. The van der Waals surface area contributed by atoms with Crippen LogP contribution in [-0.2, 0) is 0 Å². The van der Waals surface area contributed by atoms with Crippen LogP contribution in [0.15, 0.2) is 0 Å². The molecule has 0 nitrogen and oxygen atoms in total. The van der Waals surface area contributed by atoms with E-state index in [4.69, 9.17) is 0 Å². The van der Waals surface area contributed by atoms with Gasteiger partial charge in [-0.05, 0) is 0 Å². The van der Waals surface area contributed by atoms with Crippen molar-refractivity contribution in [3.05, 3.63) is 7.43 Å². The zero-order valence-electron chi connectivity index (χ0n) is 6.00. The molecule has 0 heterocycles. The Morgan fingerprint density at radius 2 is 1.25 bits per heavy atom. The number of hydrogen-bond donors (Lipinski definition) is 0. The molecule has 0 aliphatic heterocycles. The van der Waals surface area contributed by atoms with Gasteiger partial charge in [0.1, 0.15) is 0 Å². The molecule has 0 saturated carbocycles. The molecule has 0 fully saturated rings. The molecule has 0 saturated heterocycles. The van der Waals surface area contributed by atoms with Crippen molar-refractivity contribution in [2.75, 3.05) is 0 Å². The van der Waals surface area contributed by atoms with Crippen molar-refractivity contribution in [1.29, 1.82) is 0 Å². The van der Waals surface area contributed by atoms with Crippen LogP contribution in [0.5, 0.6) is 0 Å².